The van der Waals surface area contributed by atoms with Crippen LogP contribution in [-0.4, -0.2) is 30.4 Å². The molecule has 0 saturated carbocycles. The molecule has 2 aliphatic rings. The lowest BCUT2D eigenvalue weighted by Crippen LogP contribution is -2.37. The van der Waals surface area contributed by atoms with E-state index >= 15 is 0 Å². The number of carbonyl (C=O) groups is 1. The molecule has 0 bridgehead atoms. The molecule has 1 unspecified atom stereocenters. The van der Waals surface area contributed by atoms with E-state index in [1.54, 1.807) is 6.26 Å². The molecule has 2 aromatic carbocycles. The molecule has 1 fully saturated rings. The fraction of sp³-hybridized carbons (Fsp3) is 0.400. The first-order valence-electron chi connectivity index (χ1n) is 10.9. The zero-order valence-corrected chi connectivity index (χ0v) is 16.8. The van der Waals surface area contributed by atoms with Crippen molar-refractivity contribution in [2.45, 2.75) is 44.6 Å². The molecule has 3 aromatic rings. The topological polar surface area (TPSA) is 45.5 Å². The van der Waals surface area contributed by atoms with Crippen LogP contribution in [0, 0.1) is 0 Å². The number of nitrogens with zero attached hydrogens (tertiary/aromatic N) is 1. The van der Waals surface area contributed by atoms with E-state index in [1.165, 1.54) is 36.0 Å². The van der Waals surface area contributed by atoms with Gasteiger partial charge in [0.15, 0.2) is 0 Å². The highest BCUT2D eigenvalue weighted by atomic mass is 16.3. The quantitative estimate of drug-likeness (QED) is 0.680. The number of likely N-dealkylation sites (tertiary alicyclic amines) is 1. The molecule has 1 aliphatic carbocycles. The third kappa shape index (κ3) is 3.82. The number of benzene rings is 2. The van der Waals surface area contributed by atoms with Crippen molar-refractivity contribution in [1.29, 1.82) is 0 Å². The average molecular weight is 389 g/mol. The van der Waals surface area contributed by atoms with Crippen LogP contribution in [-0.2, 0) is 24.1 Å². The molecule has 0 spiro atoms. The summed E-state index contributed by atoms with van der Waals surface area (Å²) in [5.41, 5.74) is 5.99. The van der Waals surface area contributed by atoms with E-state index in [0.29, 0.717) is 13.0 Å². The number of hydrogen-bond acceptors (Lipinski definition) is 3. The van der Waals surface area contributed by atoms with Crippen molar-refractivity contribution in [2.75, 3.05) is 19.6 Å². The van der Waals surface area contributed by atoms with E-state index in [-0.39, 0.29) is 11.9 Å². The molecule has 1 N–H and O–H groups in total. The summed E-state index contributed by atoms with van der Waals surface area (Å²) >= 11 is 0. The number of fused-ring (bicyclic) bond motifs is 2. The van der Waals surface area contributed by atoms with Crippen LogP contribution in [0.3, 0.4) is 0 Å². The Kier molecular flexibility index (Phi) is 5.11. The molecule has 5 rings (SSSR count). The first kappa shape index (κ1) is 18.4. The van der Waals surface area contributed by atoms with Crippen LogP contribution >= 0.6 is 0 Å². The summed E-state index contributed by atoms with van der Waals surface area (Å²) in [7, 11) is 0. The summed E-state index contributed by atoms with van der Waals surface area (Å²) in [6, 6.07) is 15.2. The van der Waals surface area contributed by atoms with Crippen molar-refractivity contribution in [2.24, 2.45) is 0 Å². The summed E-state index contributed by atoms with van der Waals surface area (Å²) < 4.78 is 5.76. The number of aryl methyl sites for hydroxylation is 2. The highest BCUT2D eigenvalue weighted by Gasteiger charge is 2.24. The minimum atomic E-state index is 0.0633. The Labute approximate surface area is 171 Å². The second-order valence-corrected chi connectivity index (χ2v) is 8.38. The van der Waals surface area contributed by atoms with Crippen LogP contribution < -0.4 is 5.32 Å². The zero-order valence-electron chi connectivity index (χ0n) is 16.8. The smallest absolute Gasteiger partial charge is 0.224 e. The fourth-order valence-electron chi connectivity index (χ4n) is 4.92. The van der Waals surface area contributed by atoms with Crippen molar-refractivity contribution in [1.82, 2.24) is 10.2 Å². The Morgan fingerprint density at radius 2 is 1.79 bits per heavy atom. The lowest BCUT2D eigenvalue weighted by molar-refractivity contribution is -0.120. The molecule has 2 heterocycles. The Hall–Kier alpha value is -2.59. The normalized spacial score (nSPS) is 17.5. The SMILES string of the molecule is O=C(Cc1coc2cc3c(cc12)CCC3)NCC(c1ccccc1)N1CCCC1. The lowest BCUT2D eigenvalue weighted by Gasteiger charge is -2.28. The summed E-state index contributed by atoms with van der Waals surface area (Å²) in [5, 5.41) is 4.29. The molecule has 1 aliphatic heterocycles. The molecular formula is C25H28N2O2. The van der Waals surface area contributed by atoms with E-state index in [9.17, 15) is 4.79 Å². The van der Waals surface area contributed by atoms with E-state index in [0.717, 1.165) is 42.5 Å². The minimum Gasteiger partial charge on any atom is -0.464 e. The van der Waals surface area contributed by atoms with Gasteiger partial charge in [0.1, 0.15) is 5.58 Å². The number of carbonyl (C=O) groups excluding carboxylic acids is 1. The van der Waals surface area contributed by atoms with Gasteiger partial charge < -0.3 is 9.73 Å². The van der Waals surface area contributed by atoms with Crippen molar-refractivity contribution >= 4 is 16.9 Å². The molecule has 1 atom stereocenters. The zero-order chi connectivity index (χ0) is 19.6. The number of nitrogens with one attached hydrogen (secondary N) is 1. The lowest BCUT2D eigenvalue weighted by atomic mass is 10.0. The van der Waals surface area contributed by atoms with Crippen LogP contribution in [0.1, 0.15) is 47.6 Å². The number of furan rings is 1. The van der Waals surface area contributed by atoms with Crippen molar-refractivity contribution in [3.8, 4) is 0 Å². The third-order valence-electron chi connectivity index (χ3n) is 6.48. The fourth-order valence-corrected chi connectivity index (χ4v) is 4.92. The second kappa shape index (κ2) is 8.03. The Morgan fingerprint density at radius 1 is 1.03 bits per heavy atom. The van der Waals surface area contributed by atoms with Gasteiger partial charge >= 0.3 is 0 Å². The molecule has 29 heavy (non-hydrogen) atoms. The highest BCUT2D eigenvalue weighted by molar-refractivity contribution is 5.88. The monoisotopic (exact) mass is 388 g/mol. The second-order valence-electron chi connectivity index (χ2n) is 8.38. The summed E-state index contributed by atoms with van der Waals surface area (Å²) in [4.78, 5) is 15.3. The summed E-state index contributed by atoms with van der Waals surface area (Å²) in [6.07, 6.45) is 8.10. The van der Waals surface area contributed by atoms with Crippen molar-refractivity contribution in [3.63, 3.8) is 0 Å². The van der Waals surface area contributed by atoms with Gasteiger partial charge in [-0.25, -0.2) is 0 Å². The molecule has 0 radical (unpaired) electrons. The third-order valence-corrected chi connectivity index (χ3v) is 6.48. The Morgan fingerprint density at radius 3 is 2.59 bits per heavy atom. The molecule has 1 amide bonds. The van der Waals surface area contributed by atoms with Crippen LogP contribution in [0.5, 0.6) is 0 Å². The first-order valence-corrected chi connectivity index (χ1v) is 10.9. The van der Waals surface area contributed by atoms with Crippen molar-refractivity contribution < 1.29 is 9.21 Å². The van der Waals surface area contributed by atoms with E-state index in [2.05, 4.69) is 46.6 Å². The maximum absolute atomic E-state index is 12.8. The molecule has 150 valence electrons. The van der Waals surface area contributed by atoms with Gasteiger partial charge in [0.25, 0.3) is 0 Å². The predicted octanol–water partition coefficient (Wildman–Crippen LogP) is 4.42. The van der Waals surface area contributed by atoms with Gasteiger partial charge in [-0.2, -0.15) is 0 Å². The predicted molar refractivity (Wildman–Crippen MR) is 115 cm³/mol. The van der Waals surface area contributed by atoms with Gasteiger partial charge in [0.2, 0.25) is 5.91 Å². The van der Waals surface area contributed by atoms with E-state index in [4.69, 9.17) is 4.42 Å². The van der Waals surface area contributed by atoms with Gasteiger partial charge in [-0.05, 0) is 74.0 Å². The largest absolute Gasteiger partial charge is 0.464 e. The minimum absolute atomic E-state index is 0.0633. The number of amides is 1. The van der Waals surface area contributed by atoms with Crippen molar-refractivity contribution in [3.05, 3.63) is 71.0 Å². The Balaban J connectivity index is 1.28. The summed E-state index contributed by atoms with van der Waals surface area (Å²) in [6.45, 7) is 2.86. The standard InChI is InChI=1S/C25H28N2O2/c28-25(15-21-17-29-24-14-20-10-6-9-19(20)13-22(21)24)26-16-23(27-11-4-5-12-27)18-7-2-1-3-8-18/h1-3,7-8,13-14,17,23H,4-6,9-12,15-16H2,(H,26,28). The molecule has 4 heteroatoms. The average Bonchev–Trinajstić information content (AvgIpc) is 3.49. The van der Waals surface area contributed by atoms with Crippen LogP contribution in [0.25, 0.3) is 11.0 Å². The maximum atomic E-state index is 12.8. The van der Waals surface area contributed by atoms with E-state index in [1.807, 2.05) is 6.07 Å². The van der Waals surface area contributed by atoms with Gasteiger partial charge in [0.05, 0.1) is 18.7 Å². The van der Waals surface area contributed by atoms with Gasteiger partial charge in [-0.15, -0.1) is 0 Å². The summed E-state index contributed by atoms with van der Waals surface area (Å²) in [5.74, 6) is 0.0633. The number of hydrogen-bond donors (Lipinski definition) is 1. The number of rotatable bonds is 6. The Bertz CT molecular complexity index is 1000. The molecule has 4 nitrogen and oxygen atoms in total. The highest BCUT2D eigenvalue weighted by Crippen LogP contribution is 2.30. The molecule has 1 aromatic heterocycles. The van der Waals surface area contributed by atoms with E-state index < -0.39 is 0 Å². The maximum Gasteiger partial charge on any atom is 0.224 e. The van der Waals surface area contributed by atoms with Gasteiger partial charge in [-0.1, -0.05) is 30.3 Å². The van der Waals surface area contributed by atoms with Crippen LogP contribution in [0.4, 0.5) is 0 Å². The van der Waals surface area contributed by atoms with Crippen LogP contribution in [0.15, 0.2) is 53.1 Å². The van der Waals surface area contributed by atoms with Crippen LogP contribution in [0.2, 0.25) is 0 Å². The van der Waals surface area contributed by atoms with Gasteiger partial charge in [0, 0.05) is 17.5 Å². The molecule has 1 saturated heterocycles. The first-order chi connectivity index (χ1) is 14.3. The van der Waals surface area contributed by atoms with Gasteiger partial charge in [-0.3, -0.25) is 9.69 Å². The molecular weight excluding hydrogens is 360 g/mol.